The molecule has 2 rings (SSSR count). The van der Waals surface area contributed by atoms with E-state index in [1.807, 2.05) is 36.4 Å². The number of halogens is 1. The van der Waals surface area contributed by atoms with Gasteiger partial charge in [0.05, 0.1) is 6.10 Å². The summed E-state index contributed by atoms with van der Waals surface area (Å²) in [6, 6.07) is 16.3. The molecule has 0 saturated heterocycles. The number of benzene rings is 2. The molecule has 0 aromatic heterocycles. The van der Waals surface area contributed by atoms with E-state index in [1.54, 1.807) is 0 Å². The Morgan fingerprint density at radius 3 is 2.50 bits per heavy atom. The van der Waals surface area contributed by atoms with Crippen molar-refractivity contribution in [3.8, 4) is 0 Å². The number of aliphatic hydroxyl groups is 1. The third-order valence-corrected chi connectivity index (χ3v) is 3.56. The second-order valence-corrected chi connectivity index (χ2v) is 5.36. The largest absolute Gasteiger partial charge is 0.388 e. The lowest BCUT2D eigenvalue weighted by atomic mass is 9.99. The number of aliphatic hydroxyl groups excluding tert-OH is 1. The fraction of sp³-hybridized carbons (Fsp3) is 0.250. The molecule has 2 aromatic carbocycles. The van der Waals surface area contributed by atoms with Crippen LogP contribution in [-0.2, 0) is 12.8 Å². The van der Waals surface area contributed by atoms with Crippen molar-refractivity contribution in [1.29, 1.82) is 0 Å². The van der Waals surface area contributed by atoms with Crippen molar-refractivity contribution in [1.82, 2.24) is 0 Å². The molecule has 2 heteroatoms. The average molecular weight is 305 g/mol. The Kier molecular flexibility index (Phi) is 4.56. The second-order valence-electron chi connectivity index (χ2n) is 4.45. The molecule has 1 nitrogen and oxygen atoms in total. The molecule has 0 saturated carbocycles. The summed E-state index contributed by atoms with van der Waals surface area (Å²) in [5.74, 6) is 0. The van der Waals surface area contributed by atoms with Crippen LogP contribution in [0.5, 0.6) is 0 Å². The SMILES string of the molecule is CCc1cccc(C(O)Cc2cccc(Br)c2)c1. The summed E-state index contributed by atoms with van der Waals surface area (Å²) in [6.45, 7) is 2.12. The summed E-state index contributed by atoms with van der Waals surface area (Å²) in [4.78, 5) is 0. The van der Waals surface area contributed by atoms with Crippen molar-refractivity contribution in [3.63, 3.8) is 0 Å². The second kappa shape index (κ2) is 6.17. The van der Waals surface area contributed by atoms with Crippen molar-refractivity contribution in [2.45, 2.75) is 25.9 Å². The molecule has 0 spiro atoms. The first-order chi connectivity index (χ1) is 8.69. The summed E-state index contributed by atoms with van der Waals surface area (Å²) in [5, 5.41) is 10.3. The third kappa shape index (κ3) is 3.44. The molecule has 1 N–H and O–H groups in total. The van der Waals surface area contributed by atoms with Crippen molar-refractivity contribution < 1.29 is 5.11 Å². The number of rotatable bonds is 4. The summed E-state index contributed by atoms with van der Waals surface area (Å²) in [5.41, 5.74) is 3.40. The van der Waals surface area contributed by atoms with E-state index in [9.17, 15) is 5.11 Å². The van der Waals surface area contributed by atoms with Crippen LogP contribution in [0.25, 0.3) is 0 Å². The maximum absolute atomic E-state index is 10.3. The van der Waals surface area contributed by atoms with E-state index in [0.717, 1.165) is 22.0 Å². The van der Waals surface area contributed by atoms with Crippen LogP contribution in [0.4, 0.5) is 0 Å². The highest BCUT2D eigenvalue weighted by atomic mass is 79.9. The molecular weight excluding hydrogens is 288 g/mol. The maximum atomic E-state index is 10.3. The van der Waals surface area contributed by atoms with Crippen LogP contribution in [0.3, 0.4) is 0 Å². The fourth-order valence-corrected chi connectivity index (χ4v) is 2.47. The Balaban J connectivity index is 2.13. The van der Waals surface area contributed by atoms with E-state index in [2.05, 4.69) is 35.0 Å². The fourth-order valence-electron chi connectivity index (χ4n) is 2.03. The molecule has 0 heterocycles. The normalized spacial score (nSPS) is 12.4. The minimum Gasteiger partial charge on any atom is -0.388 e. The van der Waals surface area contributed by atoms with Crippen molar-refractivity contribution in [2.24, 2.45) is 0 Å². The molecule has 18 heavy (non-hydrogen) atoms. The zero-order valence-corrected chi connectivity index (χ0v) is 12.0. The lowest BCUT2D eigenvalue weighted by molar-refractivity contribution is 0.178. The van der Waals surface area contributed by atoms with Gasteiger partial charge in [0, 0.05) is 10.9 Å². The van der Waals surface area contributed by atoms with Crippen molar-refractivity contribution in [2.75, 3.05) is 0 Å². The lowest BCUT2D eigenvalue weighted by Gasteiger charge is -2.12. The van der Waals surface area contributed by atoms with Crippen LogP contribution in [0.2, 0.25) is 0 Å². The van der Waals surface area contributed by atoms with Gasteiger partial charge in [-0.25, -0.2) is 0 Å². The zero-order chi connectivity index (χ0) is 13.0. The minimum atomic E-state index is -0.439. The molecule has 0 amide bonds. The molecule has 0 radical (unpaired) electrons. The summed E-state index contributed by atoms with van der Waals surface area (Å²) in [7, 11) is 0. The predicted octanol–water partition coefficient (Wildman–Crippen LogP) is 4.29. The average Bonchev–Trinajstić information content (AvgIpc) is 2.39. The number of hydrogen-bond acceptors (Lipinski definition) is 1. The first kappa shape index (κ1) is 13.3. The number of hydrogen-bond donors (Lipinski definition) is 1. The smallest absolute Gasteiger partial charge is 0.0830 e. The van der Waals surface area contributed by atoms with Crippen molar-refractivity contribution in [3.05, 3.63) is 69.7 Å². The first-order valence-corrected chi connectivity index (χ1v) is 6.99. The van der Waals surface area contributed by atoms with Gasteiger partial charge in [0.25, 0.3) is 0 Å². The van der Waals surface area contributed by atoms with Crippen LogP contribution in [0, 0.1) is 0 Å². The summed E-state index contributed by atoms with van der Waals surface area (Å²) in [6.07, 6.45) is 1.20. The molecule has 0 bridgehead atoms. The van der Waals surface area contributed by atoms with Crippen LogP contribution in [0.1, 0.15) is 29.7 Å². The molecule has 0 fully saturated rings. The Hall–Kier alpha value is -1.12. The van der Waals surface area contributed by atoms with Crippen molar-refractivity contribution >= 4 is 15.9 Å². The van der Waals surface area contributed by atoms with Gasteiger partial charge in [0.15, 0.2) is 0 Å². The topological polar surface area (TPSA) is 20.2 Å². The summed E-state index contributed by atoms with van der Waals surface area (Å²) >= 11 is 3.45. The predicted molar refractivity (Wildman–Crippen MR) is 78.6 cm³/mol. The molecule has 0 aliphatic rings. The van der Waals surface area contributed by atoms with Gasteiger partial charge in [-0.15, -0.1) is 0 Å². The first-order valence-electron chi connectivity index (χ1n) is 6.20. The van der Waals surface area contributed by atoms with E-state index < -0.39 is 6.10 Å². The third-order valence-electron chi connectivity index (χ3n) is 3.06. The van der Waals surface area contributed by atoms with Crippen LogP contribution in [-0.4, -0.2) is 5.11 Å². The highest BCUT2D eigenvalue weighted by Gasteiger charge is 2.09. The number of aryl methyl sites for hydroxylation is 1. The molecular formula is C16H17BrO. The monoisotopic (exact) mass is 304 g/mol. The van der Waals surface area contributed by atoms with Gasteiger partial charge in [-0.3, -0.25) is 0 Å². The Bertz CT molecular complexity index is 522. The van der Waals surface area contributed by atoms with Gasteiger partial charge in [-0.1, -0.05) is 59.3 Å². The molecule has 0 aliphatic heterocycles. The van der Waals surface area contributed by atoms with Gasteiger partial charge in [0.2, 0.25) is 0 Å². The highest BCUT2D eigenvalue weighted by Crippen LogP contribution is 2.21. The van der Waals surface area contributed by atoms with E-state index in [4.69, 9.17) is 0 Å². The quantitative estimate of drug-likeness (QED) is 0.893. The standard InChI is InChI=1S/C16H17BrO/c1-2-12-5-3-7-14(9-12)16(18)11-13-6-4-8-15(17)10-13/h3-10,16,18H,2,11H2,1H3. The van der Waals surface area contributed by atoms with E-state index in [0.29, 0.717) is 6.42 Å². The Labute approximate surface area is 117 Å². The van der Waals surface area contributed by atoms with Gasteiger partial charge in [-0.2, -0.15) is 0 Å². The molecule has 0 aliphatic carbocycles. The molecule has 2 aromatic rings. The Morgan fingerprint density at radius 2 is 1.78 bits per heavy atom. The molecule has 1 unspecified atom stereocenters. The lowest BCUT2D eigenvalue weighted by Crippen LogP contribution is -2.02. The van der Waals surface area contributed by atoms with E-state index in [1.165, 1.54) is 5.56 Å². The van der Waals surface area contributed by atoms with Crippen LogP contribution in [0.15, 0.2) is 53.0 Å². The van der Waals surface area contributed by atoms with Gasteiger partial charge in [0.1, 0.15) is 0 Å². The van der Waals surface area contributed by atoms with Gasteiger partial charge in [-0.05, 0) is 35.2 Å². The maximum Gasteiger partial charge on any atom is 0.0830 e. The minimum absolute atomic E-state index is 0.439. The van der Waals surface area contributed by atoms with Gasteiger partial charge < -0.3 is 5.11 Å². The summed E-state index contributed by atoms with van der Waals surface area (Å²) < 4.78 is 1.05. The molecule has 94 valence electrons. The molecule has 1 atom stereocenters. The van der Waals surface area contributed by atoms with Crippen LogP contribution < -0.4 is 0 Å². The van der Waals surface area contributed by atoms with E-state index >= 15 is 0 Å². The zero-order valence-electron chi connectivity index (χ0n) is 10.4. The van der Waals surface area contributed by atoms with Crippen LogP contribution >= 0.6 is 15.9 Å². The van der Waals surface area contributed by atoms with E-state index in [-0.39, 0.29) is 0 Å². The van der Waals surface area contributed by atoms with Gasteiger partial charge >= 0.3 is 0 Å². The Morgan fingerprint density at radius 1 is 1.06 bits per heavy atom. The highest BCUT2D eigenvalue weighted by molar-refractivity contribution is 9.10.